The molecule has 0 aliphatic heterocycles. The Labute approximate surface area is 93.9 Å². The van der Waals surface area contributed by atoms with Gasteiger partial charge in [-0.1, -0.05) is 13.8 Å². The van der Waals surface area contributed by atoms with E-state index >= 15 is 0 Å². The van der Waals surface area contributed by atoms with Crippen LogP contribution in [-0.2, 0) is 9.68 Å². The highest BCUT2D eigenvalue weighted by Crippen LogP contribution is 1.84. The molecule has 0 bridgehead atoms. The SMILES string of the molecule is CC.CC(C)ON(C)N.CCN(N)OC. The van der Waals surface area contributed by atoms with Crippen molar-refractivity contribution < 1.29 is 9.68 Å². The first-order valence-corrected chi connectivity index (χ1v) is 5.15. The summed E-state index contributed by atoms with van der Waals surface area (Å²) in [4.78, 5) is 9.37. The molecule has 0 unspecified atom stereocenters. The van der Waals surface area contributed by atoms with Crippen molar-refractivity contribution >= 4 is 0 Å². The molecular weight excluding hydrogens is 196 g/mol. The number of nitrogens with two attached hydrogens (primary N) is 2. The molecule has 0 saturated heterocycles. The summed E-state index contributed by atoms with van der Waals surface area (Å²) >= 11 is 0. The molecule has 0 fully saturated rings. The van der Waals surface area contributed by atoms with Crippen LogP contribution >= 0.6 is 0 Å². The van der Waals surface area contributed by atoms with Gasteiger partial charge in [-0.05, 0) is 20.8 Å². The third kappa shape index (κ3) is 31.6. The highest BCUT2D eigenvalue weighted by Gasteiger charge is 1.91. The van der Waals surface area contributed by atoms with Crippen molar-refractivity contribution in [3.8, 4) is 0 Å². The van der Waals surface area contributed by atoms with Crippen molar-refractivity contribution in [2.45, 2.75) is 40.7 Å². The lowest BCUT2D eigenvalue weighted by Crippen LogP contribution is -2.29. The summed E-state index contributed by atoms with van der Waals surface area (Å²) in [5.74, 6) is 10.2. The van der Waals surface area contributed by atoms with Crippen molar-refractivity contribution in [1.29, 1.82) is 0 Å². The molecule has 6 heteroatoms. The van der Waals surface area contributed by atoms with Crippen LogP contribution in [0.4, 0.5) is 0 Å². The lowest BCUT2D eigenvalue weighted by atomic mass is 10.5. The second kappa shape index (κ2) is 16.2. The van der Waals surface area contributed by atoms with Gasteiger partial charge in [-0.3, -0.25) is 9.68 Å². The Bertz CT molecular complexity index is 92.1. The zero-order chi connectivity index (χ0) is 12.9. The van der Waals surface area contributed by atoms with Crippen LogP contribution in [-0.4, -0.2) is 37.2 Å². The summed E-state index contributed by atoms with van der Waals surface area (Å²) in [6, 6.07) is 0. The van der Waals surface area contributed by atoms with Crippen molar-refractivity contribution in [1.82, 2.24) is 10.3 Å². The fraction of sp³-hybridized carbons (Fsp3) is 1.00. The van der Waals surface area contributed by atoms with Gasteiger partial charge in [0.1, 0.15) is 0 Å². The van der Waals surface area contributed by atoms with E-state index in [1.54, 1.807) is 7.05 Å². The minimum Gasteiger partial charge on any atom is -0.288 e. The monoisotopic (exact) mass is 224 g/mol. The highest BCUT2D eigenvalue weighted by atomic mass is 16.7. The summed E-state index contributed by atoms with van der Waals surface area (Å²) in [5, 5.41) is 2.45. The van der Waals surface area contributed by atoms with Crippen LogP contribution < -0.4 is 11.7 Å². The first kappa shape index (κ1) is 20.2. The minimum absolute atomic E-state index is 0.176. The summed E-state index contributed by atoms with van der Waals surface area (Å²) in [6.45, 7) is 10.5. The van der Waals surface area contributed by atoms with Gasteiger partial charge >= 0.3 is 0 Å². The van der Waals surface area contributed by atoms with Crippen molar-refractivity contribution in [2.24, 2.45) is 11.7 Å². The molecule has 15 heavy (non-hydrogen) atoms. The maximum absolute atomic E-state index is 5.10. The Morgan fingerprint density at radius 3 is 1.60 bits per heavy atom. The molecule has 0 radical (unpaired) electrons. The van der Waals surface area contributed by atoms with E-state index in [1.165, 1.54) is 17.5 Å². The minimum atomic E-state index is 0.176. The standard InChI is InChI=1S/C4H12N2O.C3H10N2O.C2H6/c1-4(2)7-6(3)5;1-3-5(4)6-2;1-2/h4H,5H2,1-3H3;3-4H2,1-2H3;1-2H3. The Kier molecular flexibility index (Phi) is 21.8. The van der Waals surface area contributed by atoms with Gasteiger partial charge < -0.3 is 0 Å². The third-order valence-electron chi connectivity index (χ3n) is 0.923. The van der Waals surface area contributed by atoms with E-state index in [2.05, 4.69) is 4.84 Å². The summed E-state index contributed by atoms with van der Waals surface area (Å²) in [7, 11) is 3.18. The molecule has 0 aromatic rings. The Morgan fingerprint density at radius 1 is 1.20 bits per heavy atom. The Balaban J connectivity index is -0.000000166. The molecule has 0 heterocycles. The average molecular weight is 224 g/mol. The predicted molar refractivity (Wildman–Crippen MR) is 63.1 cm³/mol. The van der Waals surface area contributed by atoms with E-state index in [1.807, 2.05) is 34.6 Å². The van der Waals surface area contributed by atoms with Gasteiger partial charge in [-0.2, -0.15) is 0 Å². The molecule has 6 nitrogen and oxygen atoms in total. The van der Waals surface area contributed by atoms with Gasteiger partial charge in [0.05, 0.1) is 13.2 Å². The Morgan fingerprint density at radius 2 is 1.60 bits per heavy atom. The van der Waals surface area contributed by atoms with Gasteiger partial charge in [0.25, 0.3) is 0 Å². The van der Waals surface area contributed by atoms with Gasteiger partial charge in [0, 0.05) is 13.6 Å². The van der Waals surface area contributed by atoms with Crippen LogP contribution in [0.2, 0.25) is 0 Å². The quantitative estimate of drug-likeness (QED) is 0.546. The topological polar surface area (TPSA) is 77.0 Å². The summed E-state index contributed by atoms with van der Waals surface area (Å²) in [5.41, 5.74) is 0. The zero-order valence-corrected chi connectivity index (χ0v) is 11.2. The molecule has 96 valence electrons. The molecule has 0 aromatic heterocycles. The van der Waals surface area contributed by atoms with E-state index in [-0.39, 0.29) is 6.10 Å². The summed E-state index contributed by atoms with van der Waals surface area (Å²) in [6.07, 6.45) is 0.176. The number of hydrazine groups is 2. The molecular formula is C9H28N4O2. The van der Waals surface area contributed by atoms with E-state index in [4.69, 9.17) is 16.5 Å². The number of hydrogen-bond acceptors (Lipinski definition) is 6. The third-order valence-corrected chi connectivity index (χ3v) is 0.923. The molecule has 4 N–H and O–H groups in total. The van der Waals surface area contributed by atoms with E-state index in [0.717, 1.165) is 6.54 Å². The Hall–Kier alpha value is -0.240. The fourth-order valence-corrected chi connectivity index (χ4v) is 0.462. The number of nitrogens with zero attached hydrogens (tertiary/aromatic N) is 2. The van der Waals surface area contributed by atoms with Crippen molar-refractivity contribution in [3.63, 3.8) is 0 Å². The van der Waals surface area contributed by atoms with Crippen LogP contribution in [0, 0.1) is 0 Å². The lowest BCUT2D eigenvalue weighted by molar-refractivity contribution is -0.172. The molecule has 0 amide bonds. The van der Waals surface area contributed by atoms with Gasteiger partial charge in [-0.25, -0.2) is 11.7 Å². The molecule has 0 saturated carbocycles. The predicted octanol–water partition coefficient (Wildman–Crippen LogP) is 0.902. The molecule has 0 aliphatic carbocycles. The first-order chi connectivity index (χ1) is 6.93. The maximum Gasteiger partial charge on any atom is 0.0753 e. The maximum atomic E-state index is 5.10. The van der Waals surface area contributed by atoms with Crippen LogP contribution in [0.5, 0.6) is 0 Å². The molecule has 0 rings (SSSR count). The first-order valence-electron chi connectivity index (χ1n) is 5.15. The molecule has 0 aromatic carbocycles. The van der Waals surface area contributed by atoms with Crippen LogP contribution in [0.15, 0.2) is 0 Å². The number of rotatable bonds is 4. The number of hydroxylamine groups is 2. The lowest BCUT2D eigenvalue weighted by Gasteiger charge is -2.11. The van der Waals surface area contributed by atoms with Gasteiger partial charge in [-0.15, -0.1) is 10.3 Å². The summed E-state index contributed by atoms with van der Waals surface area (Å²) < 4.78 is 0. The molecule has 0 aliphatic rings. The smallest absolute Gasteiger partial charge is 0.0753 e. The van der Waals surface area contributed by atoms with Crippen LogP contribution in [0.3, 0.4) is 0 Å². The zero-order valence-electron chi connectivity index (χ0n) is 11.2. The van der Waals surface area contributed by atoms with Crippen LogP contribution in [0.1, 0.15) is 34.6 Å². The molecule has 0 atom stereocenters. The average Bonchev–Trinajstić information content (AvgIpc) is 2.18. The van der Waals surface area contributed by atoms with E-state index in [9.17, 15) is 0 Å². The van der Waals surface area contributed by atoms with Gasteiger partial charge in [0.2, 0.25) is 0 Å². The fourth-order valence-electron chi connectivity index (χ4n) is 0.462. The second-order valence-electron chi connectivity index (χ2n) is 2.62. The highest BCUT2D eigenvalue weighted by molar-refractivity contribution is 4.28. The number of hydrogen-bond donors (Lipinski definition) is 2. The largest absolute Gasteiger partial charge is 0.288 e. The molecule has 0 spiro atoms. The van der Waals surface area contributed by atoms with Gasteiger partial charge in [0.15, 0.2) is 0 Å². The van der Waals surface area contributed by atoms with Crippen molar-refractivity contribution in [3.05, 3.63) is 0 Å². The van der Waals surface area contributed by atoms with E-state index in [0.29, 0.717) is 0 Å². The second-order valence-corrected chi connectivity index (χ2v) is 2.62. The normalized spacial score (nSPS) is 9.60. The van der Waals surface area contributed by atoms with Crippen molar-refractivity contribution in [2.75, 3.05) is 20.7 Å². The van der Waals surface area contributed by atoms with Crippen LogP contribution in [0.25, 0.3) is 0 Å². The van der Waals surface area contributed by atoms with E-state index < -0.39 is 0 Å².